The van der Waals surface area contributed by atoms with E-state index in [2.05, 4.69) is 0 Å². The first kappa shape index (κ1) is 10.6. The maximum Gasteiger partial charge on any atom is 0.205 e. The Bertz CT molecular complexity index is 714. The van der Waals surface area contributed by atoms with Crippen LogP contribution in [0.15, 0.2) is 54.6 Å². The van der Waals surface area contributed by atoms with E-state index in [1.807, 2.05) is 54.6 Å². The average Bonchev–Trinajstić information content (AvgIpc) is 2.71. The first-order valence-corrected chi connectivity index (χ1v) is 5.71. The molecule has 0 unspecified atom stereocenters. The predicted octanol–water partition coefficient (Wildman–Crippen LogP) is 3.33. The van der Waals surface area contributed by atoms with Crippen molar-refractivity contribution in [2.75, 3.05) is 0 Å². The van der Waals surface area contributed by atoms with E-state index in [9.17, 15) is 5.11 Å². The summed E-state index contributed by atoms with van der Waals surface area (Å²) in [5.41, 5.74) is 2.34. The van der Waals surface area contributed by atoms with Gasteiger partial charge in [0.05, 0.1) is 11.1 Å². The molecule has 0 radical (unpaired) electrons. The van der Waals surface area contributed by atoms with Gasteiger partial charge in [0, 0.05) is 17.3 Å². The van der Waals surface area contributed by atoms with Gasteiger partial charge in [0.2, 0.25) is 5.88 Å². The Hall–Kier alpha value is -2.55. The maximum atomic E-state index is 10.3. The van der Waals surface area contributed by atoms with Gasteiger partial charge in [-0.25, -0.2) is 0 Å². The van der Waals surface area contributed by atoms with Crippen molar-refractivity contribution in [1.29, 1.82) is 5.41 Å². The highest BCUT2D eigenvalue weighted by Gasteiger charge is 2.15. The standard InChI is InChI=1S/C15H12N2O/c16-10-13-12-8-4-5-9-14(12)17(15(13)18)11-6-2-1-3-7-11/h1-10,16,18H. The molecular formula is C15H12N2O. The van der Waals surface area contributed by atoms with Crippen molar-refractivity contribution in [3.63, 3.8) is 0 Å². The Kier molecular flexibility index (Phi) is 2.38. The van der Waals surface area contributed by atoms with Crippen molar-refractivity contribution < 1.29 is 5.11 Å². The number of aromatic nitrogens is 1. The summed E-state index contributed by atoms with van der Waals surface area (Å²) in [5.74, 6) is 0.109. The molecule has 2 aromatic carbocycles. The lowest BCUT2D eigenvalue weighted by molar-refractivity contribution is 0.444. The molecule has 3 heteroatoms. The van der Waals surface area contributed by atoms with Gasteiger partial charge >= 0.3 is 0 Å². The number of nitrogens with zero attached hydrogens (tertiary/aromatic N) is 1. The zero-order chi connectivity index (χ0) is 12.5. The number of fused-ring (bicyclic) bond motifs is 1. The van der Waals surface area contributed by atoms with Crippen molar-refractivity contribution in [3.05, 3.63) is 60.2 Å². The van der Waals surface area contributed by atoms with Crippen LogP contribution in [0, 0.1) is 5.41 Å². The zero-order valence-corrected chi connectivity index (χ0v) is 9.67. The second kappa shape index (κ2) is 4.04. The Balaban J connectivity index is 2.43. The second-order valence-corrected chi connectivity index (χ2v) is 4.07. The molecular weight excluding hydrogens is 224 g/mol. The van der Waals surface area contributed by atoms with Crippen LogP contribution in [0.4, 0.5) is 0 Å². The molecule has 0 fully saturated rings. The molecule has 0 saturated heterocycles. The van der Waals surface area contributed by atoms with E-state index in [-0.39, 0.29) is 5.88 Å². The van der Waals surface area contributed by atoms with Gasteiger partial charge in [-0.2, -0.15) is 0 Å². The van der Waals surface area contributed by atoms with Crippen molar-refractivity contribution in [2.45, 2.75) is 0 Å². The molecule has 3 nitrogen and oxygen atoms in total. The predicted molar refractivity (Wildman–Crippen MR) is 72.8 cm³/mol. The van der Waals surface area contributed by atoms with Crippen LogP contribution in [-0.2, 0) is 0 Å². The van der Waals surface area contributed by atoms with Crippen LogP contribution in [0.3, 0.4) is 0 Å². The normalized spacial score (nSPS) is 10.7. The lowest BCUT2D eigenvalue weighted by atomic mass is 10.2. The smallest absolute Gasteiger partial charge is 0.205 e. The van der Waals surface area contributed by atoms with E-state index in [0.717, 1.165) is 16.6 Å². The Morgan fingerprint density at radius 1 is 0.944 bits per heavy atom. The van der Waals surface area contributed by atoms with Gasteiger partial charge in [-0.1, -0.05) is 36.4 Å². The average molecular weight is 236 g/mol. The van der Waals surface area contributed by atoms with E-state index >= 15 is 0 Å². The van der Waals surface area contributed by atoms with Gasteiger partial charge in [0.15, 0.2) is 0 Å². The summed E-state index contributed by atoms with van der Waals surface area (Å²) in [6.45, 7) is 0. The number of benzene rings is 2. The van der Waals surface area contributed by atoms with E-state index in [0.29, 0.717) is 5.56 Å². The Morgan fingerprint density at radius 3 is 2.33 bits per heavy atom. The minimum atomic E-state index is 0.109. The molecule has 0 aliphatic rings. The number of rotatable bonds is 2. The molecule has 2 N–H and O–H groups in total. The zero-order valence-electron chi connectivity index (χ0n) is 9.67. The summed E-state index contributed by atoms with van der Waals surface area (Å²) in [5, 5.41) is 18.6. The first-order chi connectivity index (χ1) is 8.83. The van der Waals surface area contributed by atoms with Gasteiger partial charge in [-0.05, 0) is 18.2 Å². The van der Waals surface area contributed by atoms with Crippen molar-refractivity contribution in [2.24, 2.45) is 0 Å². The van der Waals surface area contributed by atoms with Crippen LogP contribution in [0.5, 0.6) is 5.88 Å². The van der Waals surface area contributed by atoms with Crippen LogP contribution in [0.1, 0.15) is 5.56 Å². The quantitative estimate of drug-likeness (QED) is 0.659. The summed E-state index contributed by atoms with van der Waals surface area (Å²) < 4.78 is 1.76. The fourth-order valence-electron chi connectivity index (χ4n) is 2.23. The van der Waals surface area contributed by atoms with Crippen LogP contribution in [-0.4, -0.2) is 15.9 Å². The third-order valence-corrected chi connectivity index (χ3v) is 3.05. The minimum Gasteiger partial charge on any atom is -0.494 e. The Morgan fingerprint density at radius 2 is 1.61 bits per heavy atom. The summed E-state index contributed by atoms with van der Waals surface area (Å²) in [6, 6.07) is 17.3. The lowest BCUT2D eigenvalue weighted by Crippen LogP contribution is -1.92. The van der Waals surface area contributed by atoms with Crippen LogP contribution >= 0.6 is 0 Å². The van der Waals surface area contributed by atoms with Crippen molar-refractivity contribution >= 4 is 17.1 Å². The molecule has 18 heavy (non-hydrogen) atoms. The number of aromatic hydroxyl groups is 1. The third kappa shape index (κ3) is 1.41. The lowest BCUT2D eigenvalue weighted by Gasteiger charge is -2.06. The molecule has 1 heterocycles. The molecule has 0 saturated carbocycles. The minimum absolute atomic E-state index is 0.109. The molecule has 0 atom stereocenters. The van der Waals surface area contributed by atoms with Crippen molar-refractivity contribution in [1.82, 2.24) is 4.57 Å². The fourth-order valence-corrected chi connectivity index (χ4v) is 2.23. The molecule has 3 aromatic rings. The van der Waals surface area contributed by atoms with Gasteiger partial charge in [0.25, 0.3) is 0 Å². The highest BCUT2D eigenvalue weighted by atomic mass is 16.3. The highest BCUT2D eigenvalue weighted by molar-refractivity contribution is 6.02. The van der Waals surface area contributed by atoms with Crippen LogP contribution in [0.2, 0.25) is 0 Å². The molecule has 0 aliphatic heterocycles. The van der Waals surface area contributed by atoms with E-state index in [4.69, 9.17) is 5.41 Å². The number of para-hydroxylation sites is 2. The van der Waals surface area contributed by atoms with Crippen LogP contribution < -0.4 is 0 Å². The summed E-state index contributed by atoms with van der Waals surface area (Å²) in [7, 11) is 0. The fraction of sp³-hybridized carbons (Fsp3) is 0. The number of nitrogens with one attached hydrogen (secondary N) is 1. The molecule has 0 bridgehead atoms. The van der Waals surface area contributed by atoms with Crippen molar-refractivity contribution in [3.8, 4) is 11.6 Å². The molecule has 0 amide bonds. The summed E-state index contributed by atoms with van der Waals surface area (Å²) in [6.07, 6.45) is 1.19. The largest absolute Gasteiger partial charge is 0.494 e. The molecule has 0 spiro atoms. The topological polar surface area (TPSA) is 49.0 Å². The third-order valence-electron chi connectivity index (χ3n) is 3.05. The maximum absolute atomic E-state index is 10.3. The monoisotopic (exact) mass is 236 g/mol. The Labute approximate surface area is 104 Å². The molecule has 0 aliphatic carbocycles. The van der Waals surface area contributed by atoms with Gasteiger partial charge in [-0.15, -0.1) is 0 Å². The first-order valence-electron chi connectivity index (χ1n) is 5.71. The highest BCUT2D eigenvalue weighted by Crippen LogP contribution is 2.32. The number of hydrogen-bond donors (Lipinski definition) is 2. The van der Waals surface area contributed by atoms with E-state index in [1.54, 1.807) is 4.57 Å². The van der Waals surface area contributed by atoms with E-state index < -0.39 is 0 Å². The number of hydrogen-bond acceptors (Lipinski definition) is 2. The van der Waals surface area contributed by atoms with Gasteiger partial charge in [0.1, 0.15) is 0 Å². The molecule has 88 valence electrons. The SMILES string of the molecule is N=Cc1c(O)n(-c2ccccc2)c2ccccc12. The van der Waals surface area contributed by atoms with E-state index in [1.165, 1.54) is 6.21 Å². The summed E-state index contributed by atoms with van der Waals surface area (Å²) >= 11 is 0. The van der Waals surface area contributed by atoms with Crippen LogP contribution in [0.25, 0.3) is 16.6 Å². The second-order valence-electron chi connectivity index (χ2n) is 4.07. The van der Waals surface area contributed by atoms with Gasteiger partial charge < -0.3 is 10.5 Å². The molecule has 1 aromatic heterocycles. The van der Waals surface area contributed by atoms with Gasteiger partial charge in [-0.3, -0.25) is 4.57 Å². The molecule has 3 rings (SSSR count). The summed E-state index contributed by atoms with van der Waals surface area (Å²) in [4.78, 5) is 0.